The van der Waals surface area contributed by atoms with E-state index in [1.165, 1.54) is 6.07 Å². The van der Waals surface area contributed by atoms with Crippen LogP contribution in [-0.2, 0) is 0 Å². The molecule has 15 heavy (non-hydrogen) atoms. The standard InChI is InChI=1S/C13H20FN/c1-3-10(4-2)9-13(15)11-7-5-6-8-12(11)14/h5-8,10,13H,3-4,9,15H2,1-2H3. The van der Waals surface area contributed by atoms with E-state index >= 15 is 0 Å². The Hall–Kier alpha value is -0.890. The first-order valence-corrected chi connectivity index (χ1v) is 5.69. The van der Waals surface area contributed by atoms with Crippen LogP contribution in [0.2, 0.25) is 0 Å². The maximum absolute atomic E-state index is 13.4. The summed E-state index contributed by atoms with van der Waals surface area (Å²) in [6, 6.07) is 6.62. The molecule has 1 atom stereocenters. The second-order valence-electron chi connectivity index (χ2n) is 4.05. The molecule has 0 amide bonds. The second-order valence-corrected chi connectivity index (χ2v) is 4.05. The highest BCUT2D eigenvalue weighted by atomic mass is 19.1. The van der Waals surface area contributed by atoms with Crippen LogP contribution in [-0.4, -0.2) is 0 Å². The van der Waals surface area contributed by atoms with Gasteiger partial charge in [0.15, 0.2) is 0 Å². The number of halogens is 1. The van der Waals surface area contributed by atoms with E-state index in [1.807, 2.05) is 6.07 Å². The van der Waals surface area contributed by atoms with Crippen LogP contribution in [0.3, 0.4) is 0 Å². The van der Waals surface area contributed by atoms with Crippen molar-refractivity contribution in [1.29, 1.82) is 0 Å². The first-order chi connectivity index (χ1) is 7.19. The van der Waals surface area contributed by atoms with Gasteiger partial charge in [0.2, 0.25) is 0 Å². The molecule has 2 heteroatoms. The van der Waals surface area contributed by atoms with Crippen LogP contribution in [0.4, 0.5) is 4.39 Å². The molecule has 0 saturated carbocycles. The molecule has 84 valence electrons. The largest absolute Gasteiger partial charge is 0.324 e. The van der Waals surface area contributed by atoms with Crippen molar-refractivity contribution >= 4 is 0 Å². The summed E-state index contributed by atoms with van der Waals surface area (Å²) in [5.41, 5.74) is 6.65. The number of hydrogen-bond donors (Lipinski definition) is 1. The molecule has 2 N–H and O–H groups in total. The number of benzene rings is 1. The Morgan fingerprint density at radius 3 is 2.33 bits per heavy atom. The zero-order valence-corrected chi connectivity index (χ0v) is 9.54. The van der Waals surface area contributed by atoms with Crippen LogP contribution < -0.4 is 5.73 Å². The van der Waals surface area contributed by atoms with E-state index in [9.17, 15) is 4.39 Å². The van der Waals surface area contributed by atoms with Gasteiger partial charge in [0.25, 0.3) is 0 Å². The highest BCUT2D eigenvalue weighted by molar-refractivity contribution is 5.20. The average Bonchev–Trinajstić information content (AvgIpc) is 2.26. The van der Waals surface area contributed by atoms with E-state index in [-0.39, 0.29) is 11.9 Å². The fourth-order valence-electron chi connectivity index (χ4n) is 1.88. The van der Waals surface area contributed by atoms with E-state index < -0.39 is 0 Å². The van der Waals surface area contributed by atoms with Crippen LogP contribution >= 0.6 is 0 Å². The van der Waals surface area contributed by atoms with Crippen molar-refractivity contribution in [2.75, 3.05) is 0 Å². The molecule has 1 nitrogen and oxygen atoms in total. The van der Waals surface area contributed by atoms with Crippen LogP contribution in [0.1, 0.15) is 44.7 Å². The molecule has 0 bridgehead atoms. The Balaban J connectivity index is 2.68. The van der Waals surface area contributed by atoms with Gasteiger partial charge in [-0.3, -0.25) is 0 Å². The van der Waals surface area contributed by atoms with Gasteiger partial charge in [-0.15, -0.1) is 0 Å². The third-order valence-electron chi connectivity index (χ3n) is 3.05. The van der Waals surface area contributed by atoms with Crippen LogP contribution in [0.15, 0.2) is 24.3 Å². The lowest BCUT2D eigenvalue weighted by Crippen LogP contribution is -2.16. The predicted molar refractivity (Wildman–Crippen MR) is 62.0 cm³/mol. The van der Waals surface area contributed by atoms with Crippen molar-refractivity contribution in [2.24, 2.45) is 11.7 Å². The van der Waals surface area contributed by atoms with Gasteiger partial charge in [-0.1, -0.05) is 44.9 Å². The quantitative estimate of drug-likeness (QED) is 0.787. The summed E-state index contributed by atoms with van der Waals surface area (Å²) in [4.78, 5) is 0. The van der Waals surface area contributed by atoms with Gasteiger partial charge in [-0.05, 0) is 18.4 Å². The summed E-state index contributed by atoms with van der Waals surface area (Å²) in [7, 11) is 0. The monoisotopic (exact) mass is 209 g/mol. The normalized spacial score (nSPS) is 13.1. The van der Waals surface area contributed by atoms with Crippen LogP contribution in [0.25, 0.3) is 0 Å². The van der Waals surface area contributed by atoms with E-state index in [0.29, 0.717) is 11.5 Å². The predicted octanol–water partition coefficient (Wildman–Crippen LogP) is 3.65. The maximum Gasteiger partial charge on any atom is 0.127 e. The van der Waals surface area contributed by atoms with Gasteiger partial charge in [0, 0.05) is 11.6 Å². The maximum atomic E-state index is 13.4. The summed E-state index contributed by atoms with van der Waals surface area (Å²) >= 11 is 0. The zero-order valence-electron chi connectivity index (χ0n) is 9.54. The lowest BCUT2D eigenvalue weighted by molar-refractivity contribution is 0.407. The molecule has 0 saturated heterocycles. The van der Waals surface area contributed by atoms with Crippen LogP contribution in [0.5, 0.6) is 0 Å². The molecule has 1 aromatic carbocycles. The summed E-state index contributed by atoms with van der Waals surface area (Å²) in [5.74, 6) is 0.413. The highest BCUT2D eigenvalue weighted by Gasteiger charge is 2.14. The van der Waals surface area contributed by atoms with Gasteiger partial charge >= 0.3 is 0 Å². The van der Waals surface area contributed by atoms with Crippen molar-refractivity contribution < 1.29 is 4.39 Å². The molecule has 0 aliphatic rings. The highest BCUT2D eigenvalue weighted by Crippen LogP contribution is 2.24. The van der Waals surface area contributed by atoms with Gasteiger partial charge < -0.3 is 5.73 Å². The van der Waals surface area contributed by atoms with Crippen molar-refractivity contribution in [3.8, 4) is 0 Å². The fourth-order valence-corrected chi connectivity index (χ4v) is 1.88. The van der Waals surface area contributed by atoms with Crippen molar-refractivity contribution in [2.45, 2.75) is 39.2 Å². The molecule has 0 fully saturated rings. The minimum Gasteiger partial charge on any atom is -0.324 e. The molecule has 0 spiro atoms. The first kappa shape index (κ1) is 12.2. The van der Waals surface area contributed by atoms with E-state index in [1.54, 1.807) is 12.1 Å². The first-order valence-electron chi connectivity index (χ1n) is 5.69. The van der Waals surface area contributed by atoms with Crippen molar-refractivity contribution in [1.82, 2.24) is 0 Å². The third kappa shape index (κ3) is 3.31. The summed E-state index contributed by atoms with van der Waals surface area (Å²) in [6.45, 7) is 4.31. The Morgan fingerprint density at radius 2 is 1.80 bits per heavy atom. The zero-order chi connectivity index (χ0) is 11.3. The van der Waals surface area contributed by atoms with Gasteiger partial charge in [0.05, 0.1) is 0 Å². The van der Waals surface area contributed by atoms with E-state index in [4.69, 9.17) is 5.73 Å². The number of rotatable bonds is 5. The molecule has 1 aromatic rings. The fraction of sp³-hybridized carbons (Fsp3) is 0.538. The smallest absolute Gasteiger partial charge is 0.127 e. The Kier molecular flexibility index (Phi) is 4.76. The molecule has 1 rings (SSSR count). The summed E-state index contributed by atoms with van der Waals surface area (Å²) in [6.07, 6.45) is 3.09. The molecule has 1 unspecified atom stereocenters. The van der Waals surface area contributed by atoms with Gasteiger partial charge in [0.1, 0.15) is 5.82 Å². The van der Waals surface area contributed by atoms with Gasteiger partial charge in [-0.25, -0.2) is 4.39 Å². The Labute approximate surface area is 91.5 Å². The summed E-state index contributed by atoms with van der Waals surface area (Å²) in [5, 5.41) is 0. The summed E-state index contributed by atoms with van der Waals surface area (Å²) < 4.78 is 13.4. The third-order valence-corrected chi connectivity index (χ3v) is 3.05. The molecule has 0 aliphatic carbocycles. The lowest BCUT2D eigenvalue weighted by Gasteiger charge is -2.18. The van der Waals surface area contributed by atoms with Crippen LogP contribution in [0, 0.1) is 11.7 Å². The molecule has 0 radical (unpaired) electrons. The molecular formula is C13H20FN. The van der Waals surface area contributed by atoms with E-state index in [0.717, 1.165) is 19.3 Å². The Bertz CT molecular complexity index is 294. The molecular weight excluding hydrogens is 189 g/mol. The lowest BCUT2D eigenvalue weighted by atomic mass is 9.91. The minimum absolute atomic E-state index is 0.170. The molecule has 0 heterocycles. The SMILES string of the molecule is CCC(CC)CC(N)c1ccccc1F. The average molecular weight is 209 g/mol. The topological polar surface area (TPSA) is 26.0 Å². The van der Waals surface area contributed by atoms with Crippen molar-refractivity contribution in [3.63, 3.8) is 0 Å². The van der Waals surface area contributed by atoms with Crippen molar-refractivity contribution in [3.05, 3.63) is 35.6 Å². The van der Waals surface area contributed by atoms with E-state index in [2.05, 4.69) is 13.8 Å². The van der Waals surface area contributed by atoms with Gasteiger partial charge in [-0.2, -0.15) is 0 Å². The number of hydrogen-bond acceptors (Lipinski definition) is 1. The Morgan fingerprint density at radius 1 is 1.20 bits per heavy atom. The number of nitrogens with two attached hydrogens (primary N) is 1. The molecule has 0 aliphatic heterocycles. The minimum atomic E-state index is -0.184. The molecule has 0 aromatic heterocycles. The second kappa shape index (κ2) is 5.86.